The number of rotatable bonds is 8. The van der Waals surface area contributed by atoms with Gasteiger partial charge in [0.15, 0.2) is 5.58 Å². The normalized spacial score (nSPS) is 11.1. The van der Waals surface area contributed by atoms with Gasteiger partial charge in [-0.1, -0.05) is 18.2 Å². The van der Waals surface area contributed by atoms with Crippen molar-refractivity contribution in [3.63, 3.8) is 0 Å². The molecule has 8 nitrogen and oxygen atoms in total. The van der Waals surface area contributed by atoms with Gasteiger partial charge in [0.1, 0.15) is 17.1 Å². The van der Waals surface area contributed by atoms with Crippen molar-refractivity contribution in [2.45, 2.75) is 6.42 Å². The van der Waals surface area contributed by atoms with Gasteiger partial charge >= 0.3 is 5.97 Å². The molecule has 5 aromatic rings. The van der Waals surface area contributed by atoms with Crippen LogP contribution < -0.4 is 10.1 Å². The molecule has 1 aromatic heterocycles. The van der Waals surface area contributed by atoms with E-state index in [0.29, 0.717) is 38.1 Å². The zero-order chi connectivity index (χ0) is 28.9. The Morgan fingerprint density at radius 3 is 2.54 bits per heavy atom. The molecular weight excluding hydrogens is 593 g/mol. The molecule has 4 aromatic carbocycles. The van der Waals surface area contributed by atoms with Crippen molar-refractivity contribution in [3.8, 4) is 17.2 Å². The Kier molecular flexibility index (Phi) is 8.21. The van der Waals surface area contributed by atoms with Crippen LogP contribution >= 0.6 is 15.9 Å². The number of amides is 1. The summed E-state index contributed by atoms with van der Waals surface area (Å²) in [7, 11) is 2.89. The van der Waals surface area contributed by atoms with E-state index in [2.05, 4.69) is 31.2 Å². The first-order valence-electron chi connectivity index (χ1n) is 12.4. The van der Waals surface area contributed by atoms with E-state index in [1.165, 1.54) is 19.4 Å². The minimum absolute atomic E-state index is 0.120. The van der Waals surface area contributed by atoms with Crippen LogP contribution in [0.1, 0.15) is 21.5 Å². The lowest BCUT2D eigenvalue weighted by molar-refractivity contribution is -0.139. The number of nitrogens with zero attached hydrogens (tertiary/aromatic N) is 2. The van der Waals surface area contributed by atoms with Crippen molar-refractivity contribution < 1.29 is 27.9 Å². The lowest BCUT2D eigenvalue weighted by Gasteiger charge is -2.08. The van der Waals surface area contributed by atoms with Crippen LogP contribution in [0.15, 0.2) is 92.7 Å². The molecule has 0 saturated carbocycles. The molecule has 0 radical (unpaired) electrons. The molecule has 0 bridgehead atoms. The number of ether oxygens (including phenoxy) is 2. The Morgan fingerprint density at radius 2 is 1.83 bits per heavy atom. The van der Waals surface area contributed by atoms with E-state index < -0.39 is 5.82 Å². The molecule has 0 aliphatic rings. The highest BCUT2D eigenvalue weighted by molar-refractivity contribution is 9.10. The minimum atomic E-state index is -0.540. The molecule has 1 heterocycles. The number of benzene rings is 4. The van der Waals surface area contributed by atoms with Crippen LogP contribution in [0.25, 0.3) is 22.6 Å². The highest BCUT2D eigenvalue weighted by atomic mass is 79.9. The van der Waals surface area contributed by atoms with Gasteiger partial charge in [-0.3, -0.25) is 14.6 Å². The number of esters is 1. The molecule has 5 rings (SSSR count). The van der Waals surface area contributed by atoms with Crippen LogP contribution in [-0.4, -0.2) is 37.3 Å². The Balaban J connectivity index is 1.25. The molecular formula is C31H23BrFN3O5. The van der Waals surface area contributed by atoms with Crippen molar-refractivity contribution in [2.24, 2.45) is 4.99 Å². The first-order chi connectivity index (χ1) is 19.8. The second-order valence-electron chi connectivity index (χ2n) is 8.92. The van der Waals surface area contributed by atoms with E-state index in [1.807, 2.05) is 0 Å². The minimum Gasteiger partial charge on any atom is -0.496 e. The van der Waals surface area contributed by atoms with Crippen molar-refractivity contribution in [2.75, 3.05) is 19.5 Å². The van der Waals surface area contributed by atoms with Gasteiger partial charge in [-0.25, -0.2) is 9.37 Å². The molecule has 1 amide bonds. The summed E-state index contributed by atoms with van der Waals surface area (Å²) in [5.74, 6) is -0.273. The highest BCUT2D eigenvalue weighted by Crippen LogP contribution is 2.29. The average molecular weight is 616 g/mol. The molecule has 0 saturated heterocycles. The zero-order valence-electron chi connectivity index (χ0n) is 22.0. The highest BCUT2D eigenvalue weighted by Gasteiger charge is 2.13. The number of oxazole rings is 1. The summed E-state index contributed by atoms with van der Waals surface area (Å²) in [5.41, 5.74) is 4.21. The molecule has 0 aliphatic carbocycles. The van der Waals surface area contributed by atoms with Gasteiger partial charge in [0, 0.05) is 23.0 Å². The van der Waals surface area contributed by atoms with Crippen LogP contribution in [0.3, 0.4) is 0 Å². The number of halogens is 2. The van der Waals surface area contributed by atoms with E-state index >= 15 is 0 Å². The van der Waals surface area contributed by atoms with Crippen LogP contribution in [0.2, 0.25) is 0 Å². The maximum Gasteiger partial charge on any atom is 0.309 e. The quantitative estimate of drug-likeness (QED) is 0.147. The molecule has 0 spiro atoms. The smallest absolute Gasteiger partial charge is 0.309 e. The predicted molar refractivity (Wildman–Crippen MR) is 157 cm³/mol. The van der Waals surface area contributed by atoms with Crippen molar-refractivity contribution in [1.82, 2.24) is 4.98 Å². The lowest BCUT2D eigenvalue weighted by Crippen LogP contribution is -2.11. The summed E-state index contributed by atoms with van der Waals surface area (Å²) in [6, 6.07) is 21.8. The molecule has 0 fully saturated rings. The number of fused-ring (bicyclic) bond motifs is 1. The fraction of sp³-hybridized carbons (Fsp3) is 0.0968. The number of nitrogens with one attached hydrogen (secondary N) is 1. The van der Waals surface area contributed by atoms with Gasteiger partial charge in [-0.05, 0) is 87.7 Å². The summed E-state index contributed by atoms with van der Waals surface area (Å²) < 4.78 is 31.2. The lowest BCUT2D eigenvalue weighted by atomic mass is 10.1. The fourth-order valence-electron chi connectivity index (χ4n) is 4.00. The number of carbonyl (C=O) groups excluding carboxylic acids is 2. The molecule has 1 N–H and O–H groups in total. The standard InChI is InChI=1S/C31H23BrFN3O5/c1-39-27-12-7-20(15-23(27)32)30(38)35-22-8-3-18(4-9-22)17-34-25-10-6-21(16-24(25)33)31-36-26-13-19(14-29(37)40-2)5-11-28(26)41-31/h3-13,15-17H,14H2,1-2H3,(H,35,38). The SMILES string of the molecule is COC(=O)Cc1ccc2oc(-c3ccc(N=Cc4ccc(NC(=O)c5ccc(OC)c(Br)c5)cc4)c(F)c3)nc2c1. The largest absolute Gasteiger partial charge is 0.496 e. The zero-order valence-corrected chi connectivity index (χ0v) is 23.6. The maximum atomic E-state index is 14.9. The average Bonchev–Trinajstić information content (AvgIpc) is 3.40. The van der Waals surface area contributed by atoms with Crippen LogP contribution in [0, 0.1) is 5.82 Å². The second-order valence-corrected chi connectivity index (χ2v) is 9.78. The third kappa shape index (κ3) is 6.50. The molecule has 206 valence electrons. The fourth-order valence-corrected chi connectivity index (χ4v) is 4.54. The number of hydrogen-bond acceptors (Lipinski definition) is 7. The Labute approximate surface area is 243 Å². The Bertz CT molecular complexity index is 1780. The van der Waals surface area contributed by atoms with E-state index in [4.69, 9.17) is 13.9 Å². The van der Waals surface area contributed by atoms with Gasteiger partial charge in [0.2, 0.25) is 5.89 Å². The number of aliphatic imine (C=N–C) groups is 1. The second kappa shape index (κ2) is 12.1. The first kappa shape index (κ1) is 27.7. The topological polar surface area (TPSA) is 103 Å². The summed E-state index contributed by atoms with van der Waals surface area (Å²) in [4.78, 5) is 32.8. The maximum absolute atomic E-state index is 14.9. The van der Waals surface area contributed by atoms with E-state index in [-0.39, 0.29) is 29.9 Å². The summed E-state index contributed by atoms with van der Waals surface area (Å²) in [6.45, 7) is 0. The summed E-state index contributed by atoms with van der Waals surface area (Å²) >= 11 is 3.38. The van der Waals surface area contributed by atoms with Gasteiger partial charge in [-0.2, -0.15) is 0 Å². The number of hydrogen-bond donors (Lipinski definition) is 1. The molecule has 0 aliphatic heterocycles. The third-order valence-corrected chi connectivity index (χ3v) is 6.78. The van der Waals surface area contributed by atoms with Gasteiger partial charge in [-0.15, -0.1) is 0 Å². The van der Waals surface area contributed by atoms with Gasteiger partial charge in [0.25, 0.3) is 5.91 Å². The molecule has 0 atom stereocenters. The number of carbonyl (C=O) groups is 2. The van der Waals surface area contributed by atoms with Gasteiger partial charge < -0.3 is 19.2 Å². The van der Waals surface area contributed by atoms with E-state index in [0.717, 1.165) is 11.1 Å². The van der Waals surface area contributed by atoms with Crippen LogP contribution in [0.5, 0.6) is 5.75 Å². The Morgan fingerprint density at radius 1 is 1.02 bits per heavy atom. The molecule has 0 unspecified atom stereocenters. The van der Waals surface area contributed by atoms with Gasteiger partial charge in [0.05, 0.1) is 30.8 Å². The Hall–Kier alpha value is -4.83. The number of anilines is 1. The predicted octanol–water partition coefficient (Wildman–Crippen LogP) is 7.12. The molecule has 41 heavy (non-hydrogen) atoms. The molecule has 10 heteroatoms. The third-order valence-electron chi connectivity index (χ3n) is 6.16. The van der Waals surface area contributed by atoms with Crippen molar-refractivity contribution in [3.05, 3.63) is 106 Å². The monoisotopic (exact) mass is 615 g/mol. The van der Waals surface area contributed by atoms with E-state index in [1.54, 1.807) is 79.9 Å². The van der Waals surface area contributed by atoms with Crippen molar-refractivity contribution >= 4 is 56.5 Å². The number of methoxy groups -OCH3 is 2. The summed E-state index contributed by atoms with van der Waals surface area (Å²) in [6.07, 6.45) is 1.65. The van der Waals surface area contributed by atoms with E-state index in [9.17, 15) is 14.0 Å². The van der Waals surface area contributed by atoms with Crippen molar-refractivity contribution in [1.29, 1.82) is 0 Å². The first-order valence-corrected chi connectivity index (χ1v) is 13.2. The summed E-state index contributed by atoms with van der Waals surface area (Å²) in [5, 5.41) is 2.84. The number of aromatic nitrogens is 1. The van der Waals surface area contributed by atoms with Crippen LogP contribution in [-0.2, 0) is 16.0 Å². The van der Waals surface area contributed by atoms with Crippen LogP contribution in [0.4, 0.5) is 15.8 Å².